The predicted octanol–water partition coefficient (Wildman–Crippen LogP) is 0.797. The maximum absolute atomic E-state index is 12.2. The predicted molar refractivity (Wildman–Crippen MR) is 78.9 cm³/mol. The lowest BCUT2D eigenvalue weighted by Gasteiger charge is -2.33. The van der Waals surface area contributed by atoms with Gasteiger partial charge < -0.3 is 5.32 Å². The van der Waals surface area contributed by atoms with Crippen LogP contribution in [0.2, 0.25) is 0 Å². The third-order valence-corrected chi connectivity index (χ3v) is 3.86. The van der Waals surface area contributed by atoms with E-state index in [1.807, 2.05) is 25.3 Å². The lowest BCUT2D eigenvalue weighted by molar-refractivity contribution is 0.164. The van der Waals surface area contributed by atoms with Crippen LogP contribution in [-0.2, 0) is 6.54 Å². The van der Waals surface area contributed by atoms with Crippen molar-refractivity contribution in [3.8, 4) is 0 Å². The van der Waals surface area contributed by atoms with Crippen molar-refractivity contribution in [1.29, 1.82) is 0 Å². The highest BCUT2D eigenvalue weighted by Crippen LogP contribution is 2.09. The second-order valence-corrected chi connectivity index (χ2v) is 5.54. The maximum Gasteiger partial charge on any atom is 0.258 e. The molecule has 1 fully saturated rings. The molecule has 1 unspecified atom stereocenters. The van der Waals surface area contributed by atoms with Gasteiger partial charge in [0.1, 0.15) is 5.65 Å². The van der Waals surface area contributed by atoms with E-state index in [1.165, 1.54) is 0 Å². The molecule has 2 aromatic rings. The molecule has 5 nitrogen and oxygen atoms in total. The molecule has 0 amide bonds. The van der Waals surface area contributed by atoms with Crippen LogP contribution < -0.4 is 10.9 Å². The number of aromatic nitrogens is 2. The van der Waals surface area contributed by atoms with Crippen molar-refractivity contribution >= 4 is 5.65 Å². The molecule has 1 atom stereocenters. The molecular formula is C15H20N4O. The quantitative estimate of drug-likeness (QED) is 0.878. The van der Waals surface area contributed by atoms with Crippen LogP contribution in [0.5, 0.6) is 0 Å². The molecule has 1 aliphatic heterocycles. The minimum absolute atomic E-state index is 0.00325. The number of piperazine rings is 1. The van der Waals surface area contributed by atoms with Gasteiger partial charge in [-0.05, 0) is 25.5 Å². The molecule has 1 aliphatic rings. The van der Waals surface area contributed by atoms with E-state index in [0.717, 1.165) is 43.1 Å². The number of rotatable bonds is 2. The van der Waals surface area contributed by atoms with Crippen molar-refractivity contribution < 1.29 is 0 Å². The van der Waals surface area contributed by atoms with Gasteiger partial charge in [-0.2, -0.15) is 0 Å². The summed E-state index contributed by atoms with van der Waals surface area (Å²) < 4.78 is 1.61. The highest BCUT2D eigenvalue weighted by Gasteiger charge is 2.18. The highest BCUT2D eigenvalue weighted by atomic mass is 16.1. The first kappa shape index (κ1) is 13.3. The van der Waals surface area contributed by atoms with E-state index in [-0.39, 0.29) is 5.56 Å². The summed E-state index contributed by atoms with van der Waals surface area (Å²) in [6.07, 6.45) is 1.84. The van der Waals surface area contributed by atoms with Gasteiger partial charge in [0.25, 0.3) is 5.56 Å². The number of hydrogen-bond donors (Lipinski definition) is 1. The van der Waals surface area contributed by atoms with E-state index in [0.29, 0.717) is 6.04 Å². The Labute approximate surface area is 118 Å². The largest absolute Gasteiger partial charge is 0.314 e. The average Bonchev–Trinajstić information content (AvgIpc) is 2.42. The third kappa shape index (κ3) is 2.59. The Hall–Kier alpha value is -1.72. The van der Waals surface area contributed by atoms with E-state index >= 15 is 0 Å². The zero-order valence-electron chi connectivity index (χ0n) is 12.0. The number of hydrogen-bond acceptors (Lipinski definition) is 4. The number of pyridine rings is 1. The number of fused-ring (bicyclic) bond motifs is 1. The fourth-order valence-corrected chi connectivity index (χ4v) is 2.67. The van der Waals surface area contributed by atoms with Gasteiger partial charge in [-0.15, -0.1) is 0 Å². The van der Waals surface area contributed by atoms with E-state index in [4.69, 9.17) is 0 Å². The van der Waals surface area contributed by atoms with Crippen LogP contribution in [0.25, 0.3) is 5.65 Å². The fourth-order valence-electron chi connectivity index (χ4n) is 2.67. The summed E-state index contributed by atoms with van der Waals surface area (Å²) in [7, 11) is 0. The van der Waals surface area contributed by atoms with Gasteiger partial charge in [-0.25, -0.2) is 4.98 Å². The second-order valence-electron chi connectivity index (χ2n) is 5.54. The lowest BCUT2D eigenvalue weighted by atomic mass is 10.2. The number of nitrogens with one attached hydrogen (secondary N) is 1. The minimum Gasteiger partial charge on any atom is -0.314 e. The maximum atomic E-state index is 12.2. The molecule has 1 saturated heterocycles. The van der Waals surface area contributed by atoms with Crippen molar-refractivity contribution in [2.75, 3.05) is 19.6 Å². The molecule has 1 N–H and O–H groups in total. The molecule has 0 radical (unpaired) electrons. The molecule has 106 valence electrons. The molecule has 0 aromatic carbocycles. The molecular weight excluding hydrogens is 252 g/mol. The van der Waals surface area contributed by atoms with Gasteiger partial charge in [0, 0.05) is 44.5 Å². The molecule has 2 aromatic heterocycles. The summed E-state index contributed by atoms with van der Waals surface area (Å²) in [4.78, 5) is 19.1. The van der Waals surface area contributed by atoms with Crippen LogP contribution in [0, 0.1) is 6.92 Å². The van der Waals surface area contributed by atoms with Gasteiger partial charge in [0.15, 0.2) is 0 Å². The second kappa shape index (κ2) is 5.34. The average molecular weight is 272 g/mol. The van der Waals surface area contributed by atoms with Crippen molar-refractivity contribution in [1.82, 2.24) is 19.6 Å². The molecule has 3 rings (SSSR count). The van der Waals surface area contributed by atoms with Gasteiger partial charge in [-0.3, -0.25) is 14.1 Å². The lowest BCUT2D eigenvalue weighted by Crippen LogP contribution is -2.49. The minimum atomic E-state index is -0.00325. The van der Waals surface area contributed by atoms with E-state index in [2.05, 4.69) is 22.1 Å². The van der Waals surface area contributed by atoms with Gasteiger partial charge in [0.2, 0.25) is 0 Å². The Bertz CT molecular complexity index is 679. The third-order valence-electron chi connectivity index (χ3n) is 3.86. The molecule has 0 bridgehead atoms. The van der Waals surface area contributed by atoms with Crippen LogP contribution in [0.1, 0.15) is 18.2 Å². The van der Waals surface area contributed by atoms with Crippen molar-refractivity contribution in [2.45, 2.75) is 26.4 Å². The Morgan fingerprint density at radius 2 is 2.30 bits per heavy atom. The van der Waals surface area contributed by atoms with Crippen LogP contribution >= 0.6 is 0 Å². The fraction of sp³-hybridized carbons (Fsp3) is 0.467. The summed E-state index contributed by atoms with van der Waals surface area (Å²) in [6, 6.07) is 6.02. The van der Waals surface area contributed by atoms with E-state index in [1.54, 1.807) is 10.5 Å². The van der Waals surface area contributed by atoms with Gasteiger partial charge >= 0.3 is 0 Å². The zero-order chi connectivity index (χ0) is 14.1. The van der Waals surface area contributed by atoms with Gasteiger partial charge in [-0.1, -0.05) is 6.07 Å². The van der Waals surface area contributed by atoms with Crippen LogP contribution in [-0.4, -0.2) is 40.0 Å². The summed E-state index contributed by atoms with van der Waals surface area (Å²) in [5.74, 6) is 0. The summed E-state index contributed by atoms with van der Waals surface area (Å²) in [6.45, 7) is 7.89. The number of nitrogens with zero attached hydrogens (tertiary/aromatic N) is 3. The Balaban J connectivity index is 1.92. The molecule has 3 heterocycles. The summed E-state index contributed by atoms with van der Waals surface area (Å²) >= 11 is 0. The first-order valence-corrected chi connectivity index (χ1v) is 7.07. The van der Waals surface area contributed by atoms with Gasteiger partial charge in [0.05, 0.1) is 5.69 Å². The highest BCUT2D eigenvalue weighted by molar-refractivity contribution is 5.39. The first-order chi connectivity index (χ1) is 9.63. The monoisotopic (exact) mass is 272 g/mol. The standard InChI is InChI=1S/C15H20N4O/c1-11-3-4-14-17-13(7-15(20)19(14)9-11)10-18-6-5-16-8-12(18)2/h3-4,7,9,12,16H,5-6,8,10H2,1-2H3. The summed E-state index contributed by atoms with van der Waals surface area (Å²) in [5, 5.41) is 3.37. The molecule has 0 aliphatic carbocycles. The van der Waals surface area contributed by atoms with Crippen LogP contribution in [0.4, 0.5) is 0 Å². The van der Waals surface area contributed by atoms with Crippen molar-refractivity contribution in [3.63, 3.8) is 0 Å². The normalized spacial score (nSPS) is 20.4. The molecule has 0 spiro atoms. The van der Waals surface area contributed by atoms with Crippen LogP contribution in [0.15, 0.2) is 29.2 Å². The Kier molecular flexibility index (Phi) is 3.54. The van der Waals surface area contributed by atoms with Crippen LogP contribution in [0.3, 0.4) is 0 Å². The summed E-state index contributed by atoms with van der Waals surface area (Å²) in [5.41, 5.74) is 2.63. The first-order valence-electron chi connectivity index (χ1n) is 7.07. The van der Waals surface area contributed by atoms with Crippen molar-refractivity contribution in [3.05, 3.63) is 46.0 Å². The molecule has 5 heteroatoms. The smallest absolute Gasteiger partial charge is 0.258 e. The van der Waals surface area contributed by atoms with E-state index < -0.39 is 0 Å². The molecule has 0 saturated carbocycles. The zero-order valence-corrected chi connectivity index (χ0v) is 12.0. The van der Waals surface area contributed by atoms with E-state index in [9.17, 15) is 4.79 Å². The Morgan fingerprint density at radius 1 is 1.45 bits per heavy atom. The van der Waals surface area contributed by atoms with Crippen molar-refractivity contribution in [2.24, 2.45) is 0 Å². The number of aryl methyl sites for hydroxylation is 1. The molecule has 20 heavy (non-hydrogen) atoms. The Morgan fingerprint density at radius 3 is 3.10 bits per heavy atom. The topological polar surface area (TPSA) is 49.6 Å². The SMILES string of the molecule is Cc1ccc2nc(CN3CCNCC3C)cc(=O)n2c1.